The maximum absolute atomic E-state index is 12.9. The molecular weight excluding hydrogens is 348 g/mol. The summed E-state index contributed by atoms with van der Waals surface area (Å²) in [6.45, 7) is 6.62. The molecule has 2 aromatic carbocycles. The first kappa shape index (κ1) is 19.5. The van der Waals surface area contributed by atoms with Crippen molar-refractivity contribution in [1.82, 2.24) is 15.1 Å². The highest BCUT2D eigenvalue weighted by molar-refractivity contribution is 5.92. The number of rotatable bonds is 7. The Morgan fingerprint density at radius 2 is 1.54 bits per heavy atom. The quantitative estimate of drug-likeness (QED) is 0.651. The van der Waals surface area contributed by atoms with Gasteiger partial charge in [0, 0.05) is 18.6 Å². The smallest absolute Gasteiger partial charge is 0.274 e. The minimum Gasteiger partial charge on any atom is -0.362 e. The summed E-state index contributed by atoms with van der Waals surface area (Å²) in [6.07, 6.45) is 0. The van der Waals surface area contributed by atoms with E-state index in [2.05, 4.69) is 34.6 Å². The van der Waals surface area contributed by atoms with Crippen LogP contribution in [0.15, 0.2) is 72.8 Å². The van der Waals surface area contributed by atoms with Gasteiger partial charge in [-0.2, -0.15) is 0 Å². The number of nitrogens with one attached hydrogen (secondary N) is 1. The summed E-state index contributed by atoms with van der Waals surface area (Å²) in [5, 5.41) is 11.7. The van der Waals surface area contributed by atoms with Gasteiger partial charge in [-0.1, -0.05) is 60.7 Å². The van der Waals surface area contributed by atoms with Crippen molar-refractivity contribution in [3.8, 4) is 0 Å². The molecule has 1 amide bonds. The predicted molar refractivity (Wildman–Crippen MR) is 112 cm³/mol. The van der Waals surface area contributed by atoms with Crippen molar-refractivity contribution < 1.29 is 4.79 Å². The van der Waals surface area contributed by atoms with Crippen molar-refractivity contribution in [3.63, 3.8) is 0 Å². The Kier molecular flexibility index (Phi) is 6.37. The summed E-state index contributed by atoms with van der Waals surface area (Å²) in [4.78, 5) is 14.8. The van der Waals surface area contributed by atoms with E-state index in [-0.39, 0.29) is 18.0 Å². The molecule has 1 heterocycles. The van der Waals surface area contributed by atoms with Gasteiger partial charge in [-0.05, 0) is 44.0 Å². The highest BCUT2D eigenvalue weighted by Crippen LogP contribution is 2.18. The largest absolute Gasteiger partial charge is 0.362 e. The normalized spacial score (nSPS) is 11.9. The molecule has 1 unspecified atom stereocenters. The van der Waals surface area contributed by atoms with Gasteiger partial charge in [-0.3, -0.25) is 4.79 Å². The minimum absolute atomic E-state index is 0.0606. The first-order chi connectivity index (χ1) is 13.5. The second-order valence-electron chi connectivity index (χ2n) is 7.09. The summed E-state index contributed by atoms with van der Waals surface area (Å²) in [5.41, 5.74) is 2.60. The third-order valence-electron chi connectivity index (χ3n) is 4.63. The zero-order valence-corrected chi connectivity index (χ0v) is 16.5. The van der Waals surface area contributed by atoms with E-state index in [0.29, 0.717) is 18.1 Å². The number of benzene rings is 2. The summed E-state index contributed by atoms with van der Waals surface area (Å²) in [7, 11) is 0. The van der Waals surface area contributed by atoms with E-state index in [0.717, 1.165) is 5.56 Å². The van der Waals surface area contributed by atoms with Crippen molar-refractivity contribution in [2.45, 2.75) is 39.4 Å². The maximum Gasteiger partial charge on any atom is 0.274 e. The van der Waals surface area contributed by atoms with Gasteiger partial charge in [0.25, 0.3) is 5.91 Å². The van der Waals surface area contributed by atoms with Crippen molar-refractivity contribution in [2.75, 3.05) is 5.32 Å². The lowest BCUT2D eigenvalue weighted by Crippen LogP contribution is -2.37. The molecule has 0 bridgehead atoms. The van der Waals surface area contributed by atoms with Gasteiger partial charge in [0.15, 0.2) is 5.69 Å². The summed E-state index contributed by atoms with van der Waals surface area (Å²) < 4.78 is 0. The lowest BCUT2D eigenvalue weighted by molar-refractivity contribution is 0.0683. The highest BCUT2D eigenvalue weighted by Gasteiger charge is 2.21. The molecule has 28 heavy (non-hydrogen) atoms. The van der Waals surface area contributed by atoms with Crippen LogP contribution >= 0.6 is 0 Å². The van der Waals surface area contributed by atoms with E-state index >= 15 is 0 Å². The topological polar surface area (TPSA) is 58.1 Å². The Bertz CT molecular complexity index is 879. The Morgan fingerprint density at radius 3 is 2.11 bits per heavy atom. The zero-order valence-electron chi connectivity index (χ0n) is 16.5. The van der Waals surface area contributed by atoms with Gasteiger partial charge in [-0.15, -0.1) is 10.2 Å². The van der Waals surface area contributed by atoms with Crippen LogP contribution in [-0.4, -0.2) is 27.0 Å². The number of amides is 1. The molecule has 5 heteroatoms. The number of nitrogens with zero attached hydrogens (tertiary/aromatic N) is 3. The van der Waals surface area contributed by atoms with E-state index in [4.69, 9.17) is 0 Å². The van der Waals surface area contributed by atoms with Crippen LogP contribution in [-0.2, 0) is 6.54 Å². The second-order valence-corrected chi connectivity index (χ2v) is 7.09. The number of anilines is 1. The molecule has 3 aromatic rings. The predicted octanol–water partition coefficient (Wildman–Crippen LogP) is 4.70. The highest BCUT2D eigenvalue weighted by atomic mass is 16.2. The molecule has 1 N–H and O–H groups in total. The van der Waals surface area contributed by atoms with E-state index in [9.17, 15) is 4.79 Å². The monoisotopic (exact) mass is 374 g/mol. The molecule has 1 aromatic heterocycles. The van der Waals surface area contributed by atoms with Crippen LogP contribution < -0.4 is 5.32 Å². The average Bonchev–Trinajstić information content (AvgIpc) is 2.73. The molecule has 144 valence electrons. The Balaban J connectivity index is 1.69. The fraction of sp³-hybridized carbons (Fsp3) is 0.261. The molecular formula is C23H26N4O. The number of hydrogen-bond donors (Lipinski definition) is 1. The lowest BCUT2D eigenvalue weighted by Gasteiger charge is -2.26. The fourth-order valence-electron chi connectivity index (χ4n) is 2.99. The summed E-state index contributed by atoms with van der Waals surface area (Å²) in [6, 6.07) is 23.8. The van der Waals surface area contributed by atoms with Crippen LogP contribution in [0, 0.1) is 0 Å². The van der Waals surface area contributed by atoms with E-state index in [1.165, 1.54) is 5.56 Å². The molecule has 0 saturated carbocycles. The van der Waals surface area contributed by atoms with Crippen LogP contribution in [0.5, 0.6) is 0 Å². The molecule has 0 radical (unpaired) electrons. The van der Waals surface area contributed by atoms with Gasteiger partial charge < -0.3 is 10.2 Å². The van der Waals surface area contributed by atoms with Crippen molar-refractivity contribution in [2.24, 2.45) is 0 Å². The maximum atomic E-state index is 12.9. The molecule has 3 rings (SSSR count). The summed E-state index contributed by atoms with van der Waals surface area (Å²) in [5.74, 6) is 0.529. The zero-order chi connectivity index (χ0) is 19.9. The Labute approximate surface area is 166 Å². The van der Waals surface area contributed by atoms with Gasteiger partial charge in [0.2, 0.25) is 0 Å². The first-order valence-electron chi connectivity index (χ1n) is 9.54. The fourth-order valence-corrected chi connectivity index (χ4v) is 2.99. The van der Waals surface area contributed by atoms with Crippen LogP contribution in [0.1, 0.15) is 48.4 Å². The van der Waals surface area contributed by atoms with Crippen molar-refractivity contribution >= 4 is 11.7 Å². The third-order valence-corrected chi connectivity index (χ3v) is 4.63. The average molecular weight is 374 g/mol. The second kappa shape index (κ2) is 9.13. The van der Waals surface area contributed by atoms with Gasteiger partial charge in [0.05, 0.1) is 0 Å². The van der Waals surface area contributed by atoms with Crippen LogP contribution in [0.2, 0.25) is 0 Å². The van der Waals surface area contributed by atoms with Gasteiger partial charge >= 0.3 is 0 Å². The molecule has 0 spiro atoms. The van der Waals surface area contributed by atoms with Gasteiger partial charge in [-0.25, -0.2) is 0 Å². The van der Waals surface area contributed by atoms with Gasteiger partial charge in [0.1, 0.15) is 5.82 Å². The van der Waals surface area contributed by atoms with E-state index < -0.39 is 0 Å². The summed E-state index contributed by atoms with van der Waals surface area (Å²) >= 11 is 0. The van der Waals surface area contributed by atoms with Crippen LogP contribution in [0.4, 0.5) is 5.82 Å². The number of hydrogen-bond acceptors (Lipinski definition) is 4. The molecule has 0 saturated heterocycles. The van der Waals surface area contributed by atoms with E-state index in [1.807, 2.05) is 62.4 Å². The van der Waals surface area contributed by atoms with Crippen LogP contribution in [0.25, 0.3) is 0 Å². The minimum atomic E-state index is -0.117. The molecule has 5 nitrogen and oxygen atoms in total. The third kappa shape index (κ3) is 4.94. The number of carbonyl (C=O) groups excluding carboxylic acids is 1. The molecule has 0 aliphatic rings. The Hall–Kier alpha value is -3.21. The van der Waals surface area contributed by atoms with E-state index in [1.54, 1.807) is 17.0 Å². The molecule has 1 atom stereocenters. The van der Waals surface area contributed by atoms with Crippen molar-refractivity contribution in [3.05, 3.63) is 89.6 Å². The van der Waals surface area contributed by atoms with Crippen molar-refractivity contribution in [1.29, 1.82) is 0 Å². The Morgan fingerprint density at radius 1 is 0.893 bits per heavy atom. The van der Waals surface area contributed by atoms with Crippen LogP contribution in [0.3, 0.4) is 0 Å². The SMILES string of the molecule is CC(Nc1ccc(C(=O)N(Cc2ccccc2)C(C)C)nn1)c1ccccc1. The number of aromatic nitrogens is 2. The lowest BCUT2D eigenvalue weighted by atomic mass is 10.1. The standard InChI is InChI=1S/C23H26N4O/c1-17(2)27(16-19-10-6-4-7-11-19)23(28)21-14-15-22(26-25-21)24-18(3)20-12-8-5-9-13-20/h4-15,17-18H,16H2,1-3H3,(H,24,26). The molecule has 0 aliphatic heterocycles. The molecule has 0 fully saturated rings. The molecule has 0 aliphatic carbocycles. The number of carbonyl (C=O) groups is 1. The first-order valence-corrected chi connectivity index (χ1v) is 9.54.